The molecule has 0 aromatic heterocycles. The quantitative estimate of drug-likeness (QED) is 0.352. The van der Waals surface area contributed by atoms with Gasteiger partial charge in [0.2, 0.25) is 17.7 Å². The zero-order chi connectivity index (χ0) is 24.6. The van der Waals surface area contributed by atoms with E-state index in [0.717, 1.165) is 6.42 Å². The van der Waals surface area contributed by atoms with E-state index in [1.807, 2.05) is 41.5 Å². The lowest BCUT2D eigenvalue weighted by Crippen LogP contribution is -2.58. The SMILES string of the molecule is CCC(C)C(N)C(=O)NC(CC(C)C)C(=O)NC(CC(C)C)C(=O)N1CCCC1C(=O)O. The maximum absolute atomic E-state index is 13.2. The Balaban J connectivity index is 3.01. The first-order valence-electron chi connectivity index (χ1n) is 11.8. The number of carboxylic acids is 1. The Labute approximate surface area is 191 Å². The molecule has 1 aliphatic heterocycles. The molecule has 9 heteroatoms. The van der Waals surface area contributed by atoms with Gasteiger partial charge in [-0.3, -0.25) is 14.4 Å². The Kier molecular flexibility index (Phi) is 11.1. The number of carbonyl (C=O) groups excluding carboxylic acids is 3. The number of amides is 3. The highest BCUT2D eigenvalue weighted by Crippen LogP contribution is 2.20. The highest BCUT2D eigenvalue weighted by molar-refractivity contribution is 5.94. The summed E-state index contributed by atoms with van der Waals surface area (Å²) in [5, 5.41) is 15.0. The Morgan fingerprint density at radius 1 is 0.969 bits per heavy atom. The van der Waals surface area contributed by atoms with Crippen LogP contribution in [0.4, 0.5) is 0 Å². The van der Waals surface area contributed by atoms with Crippen LogP contribution in [0.1, 0.15) is 73.6 Å². The fourth-order valence-corrected chi connectivity index (χ4v) is 3.94. The molecule has 0 bridgehead atoms. The van der Waals surface area contributed by atoms with Crippen LogP contribution in [0.15, 0.2) is 0 Å². The lowest BCUT2D eigenvalue weighted by atomic mass is 9.97. The van der Waals surface area contributed by atoms with Crippen LogP contribution in [-0.4, -0.2) is 64.4 Å². The molecule has 1 heterocycles. The number of hydrogen-bond donors (Lipinski definition) is 4. The van der Waals surface area contributed by atoms with Crippen LogP contribution in [-0.2, 0) is 19.2 Å². The van der Waals surface area contributed by atoms with E-state index >= 15 is 0 Å². The Bertz CT molecular complexity index is 667. The zero-order valence-electron chi connectivity index (χ0n) is 20.4. The monoisotopic (exact) mass is 454 g/mol. The van der Waals surface area contributed by atoms with Crippen molar-refractivity contribution in [3.63, 3.8) is 0 Å². The van der Waals surface area contributed by atoms with Gasteiger partial charge in [0.1, 0.15) is 18.1 Å². The molecule has 1 saturated heterocycles. The number of carboxylic acid groups (broad SMARTS) is 1. The minimum absolute atomic E-state index is 0.0313. The van der Waals surface area contributed by atoms with E-state index in [0.29, 0.717) is 32.2 Å². The number of likely N-dealkylation sites (tertiary alicyclic amines) is 1. The minimum Gasteiger partial charge on any atom is -0.480 e. The molecular formula is C23H42N4O5. The maximum Gasteiger partial charge on any atom is 0.326 e. The first kappa shape index (κ1) is 27.9. The lowest BCUT2D eigenvalue weighted by molar-refractivity contribution is -0.149. The van der Waals surface area contributed by atoms with Crippen molar-refractivity contribution in [3.8, 4) is 0 Å². The minimum atomic E-state index is -1.03. The van der Waals surface area contributed by atoms with Gasteiger partial charge in [-0.25, -0.2) is 4.79 Å². The number of nitrogens with two attached hydrogens (primary N) is 1. The molecule has 0 aromatic rings. The van der Waals surface area contributed by atoms with Crippen molar-refractivity contribution >= 4 is 23.7 Å². The normalized spacial score (nSPS) is 20.0. The molecule has 0 aliphatic carbocycles. The van der Waals surface area contributed by atoms with E-state index in [4.69, 9.17) is 5.73 Å². The molecule has 1 aliphatic rings. The van der Waals surface area contributed by atoms with E-state index < -0.39 is 42.0 Å². The Morgan fingerprint density at radius 2 is 1.50 bits per heavy atom. The highest BCUT2D eigenvalue weighted by Gasteiger charge is 2.38. The van der Waals surface area contributed by atoms with Gasteiger partial charge in [0.15, 0.2) is 0 Å². The third-order valence-corrected chi connectivity index (χ3v) is 6.04. The van der Waals surface area contributed by atoms with Gasteiger partial charge < -0.3 is 26.4 Å². The van der Waals surface area contributed by atoms with Gasteiger partial charge in [-0.2, -0.15) is 0 Å². The molecule has 5 N–H and O–H groups in total. The van der Waals surface area contributed by atoms with Crippen molar-refractivity contribution in [2.75, 3.05) is 6.54 Å². The van der Waals surface area contributed by atoms with Crippen molar-refractivity contribution in [2.45, 2.75) is 97.8 Å². The predicted molar refractivity (Wildman–Crippen MR) is 123 cm³/mol. The highest BCUT2D eigenvalue weighted by atomic mass is 16.4. The number of rotatable bonds is 12. The largest absolute Gasteiger partial charge is 0.480 e. The predicted octanol–water partition coefficient (Wildman–Crippen LogP) is 1.50. The number of nitrogens with zero attached hydrogens (tertiary/aromatic N) is 1. The summed E-state index contributed by atoms with van der Waals surface area (Å²) in [5.41, 5.74) is 6.03. The third-order valence-electron chi connectivity index (χ3n) is 6.04. The number of carbonyl (C=O) groups is 4. The van der Waals surface area contributed by atoms with Crippen molar-refractivity contribution in [3.05, 3.63) is 0 Å². The van der Waals surface area contributed by atoms with E-state index in [1.165, 1.54) is 4.90 Å². The summed E-state index contributed by atoms with van der Waals surface area (Å²) in [6.45, 7) is 11.9. The van der Waals surface area contributed by atoms with Gasteiger partial charge in [-0.05, 0) is 43.4 Å². The van der Waals surface area contributed by atoms with Gasteiger partial charge in [0.05, 0.1) is 6.04 Å². The molecule has 32 heavy (non-hydrogen) atoms. The third kappa shape index (κ3) is 8.07. The topological polar surface area (TPSA) is 142 Å². The Morgan fingerprint density at radius 3 is 2.00 bits per heavy atom. The molecule has 0 aromatic carbocycles. The second-order valence-electron chi connectivity index (χ2n) is 9.82. The molecule has 1 fully saturated rings. The molecular weight excluding hydrogens is 412 g/mol. The van der Waals surface area contributed by atoms with Crippen molar-refractivity contribution in [1.82, 2.24) is 15.5 Å². The maximum atomic E-state index is 13.2. The van der Waals surface area contributed by atoms with Crippen LogP contribution in [0.2, 0.25) is 0 Å². The fourth-order valence-electron chi connectivity index (χ4n) is 3.94. The molecule has 5 unspecified atom stereocenters. The summed E-state index contributed by atoms with van der Waals surface area (Å²) in [7, 11) is 0. The number of hydrogen-bond acceptors (Lipinski definition) is 5. The standard InChI is InChI=1S/C23H42N4O5/c1-7-15(6)19(24)21(29)25-16(11-13(2)3)20(28)26-17(12-14(4)5)22(30)27-10-8-9-18(27)23(31)32/h13-19H,7-12,24H2,1-6H3,(H,25,29)(H,26,28)(H,31,32). The van der Waals surface area contributed by atoms with Crippen LogP contribution in [0.3, 0.4) is 0 Å². The smallest absolute Gasteiger partial charge is 0.326 e. The van der Waals surface area contributed by atoms with E-state index in [9.17, 15) is 24.3 Å². The van der Waals surface area contributed by atoms with Crippen LogP contribution in [0.25, 0.3) is 0 Å². The number of nitrogens with one attached hydrogen (secondary N) is 2. The molecule has 0 radical (unpaired) electrons. The van der Waals surface area contributed by atoms with Crippen LogP contribution < -0.4 is 16.4 Å². The summed E-state index contributed by atoms with van der Waals surface area (Å²) >= 11 is 0. The van der Waals surface area contributed by atoms with Gasteiger partial charge >= 0.3 is 5.97 Å². The molecule has 0 spiro atoms. The summed E-state index contributed by atoms with van der Waals surface area (Å²) in [6.07, 6.45) is 2.53. The second kappa shape index (κ2) is 12.8. The van der Waals surface area contributed by atoms with Crippen LogP contribution in [0.5, 0.6) is 0 Å². The summed E-state index contributed by atoms with van der Waals surface area (Å²) in [6, 6.07) is -3.27. The summed E-state index contributed by atoms with van der Waals surface area (Å²) in [4.78, 5) is 51.8. The summed E-state index contributed by atoms with van der Waals surface area (Å²) in [5.74, 6) is -2.06. The van der Waals surface area contributed by atoms with Crippen LogP contribution >= 0.6 is 0 Å². The first-order chi connectivity index (χ1) is 14.9. The first-order valence-corrected chi connectivity index (χ1v) is 11.8. The molecule has 0 saturated carbocycles. The molecule has 184 valence electrons. The van der Waals surface area contributed by atoms with Crippen LogP contribution in [0, 0.1) is 17.8 Å². The molecule has 1 rings (SSSR count). The van der Waals surface area contributed by atoms with Gasteiger partial charge in [0.25, 0.3) is 0 Å². The van der Waals surface area contributed by atoms with E-state index in [2.05, 4.69) is 10.6 Å². The fraction of sp³-hybridized carbons (Fsp3) is 0.826. The number of aliphatic carboxylic acids is 1. The van der Waals surface area contributed by atoms with Gasteiger partial charge in [-0.15, -0.1) is 0 Å². The van der Waals surface area contributed by atoms with Crippen molar-refractivity contribution in [2.24, 2.45) is 23.5 Å². The molecule has 3 amide bonds. The lowest BCUT2D eigenvalue weighted by Gasteiger charge is -2.30. The average Bonchev–Trinajstić information content (AvgIpc) is 3.20. The van der Waals surface area contributed by atoms with E-state index in [-0.39, 0.29) is 23.7 Å². The second-order valence-corrected chi connectivity index (χ2v) is 9.82. The zero-order valence-corrected chi connectivity index (χ0v) is 20.4. The average molecular weight is 455 g/mol. The molecule has 5 atom stereocenters. The Hall–Kier alpha value is -2.16. The van der Waals surface area contributed by atoms with Gasteiger partial charge in [-0.1, -0.05) is 48.0 Å². The summed E-state index contributed by atoms with van der Waals surface area (Å²) < 4.78 is 0. The molecule has 9 nitrogen and oxygen atoms in total. The van der Waals surface area contributed by atoms with Crippen molar-refractivity contribution < 1.29 is 24.3 Å². The van der Waals surface area contributed by atoms with Crippen molar-refractivity contribution in [1.29, 1.82) is 0 Å². The van der Waals surface area contributed by atoms with E-state index in [1.54, 1.807) is 0 Å². The van der Waals surface area contributed by atoms with Gasteiger partial charge in [0, 0.05) is 6.54 Å².